The molecule has 0 aliphatic heterocycles. The summed E-state index contributed by atoms with van der Waals surface area (Å²) in [4.78, 5) is 0. The van der Waals surface area contributed by atoms with Crippen molar-refractivity contribution in [1.82, 2.24) is 0 Å². The van der Waals surface area contributed by atoms with Gasteiger partial charge in [-0.3, -0.25) is 0 Å². The van der Waals surface area contributed by atoms with E-state index in [4.69, 9.17) is 5.11 Å². The fraction of sp³-hybridized carbons (Fsp3) is 0.250. The largest absolute Gasteiger partial charge is 0.393 e. The Morgan fingerprint density at radius 3 is 2.75 bits per heavy atom. The molecule has 0 aliphatic rings. The molecule has 12 heavy (non-hydrogen) atoms. The minimum atomic E-state index is -1.03. The molecule has 1 atom stereocenters. The summed E-state index contributed by atoms with van der Waals surface area (Å²) in [5.41, 5.74) is 0.359. The normalized spacial score (nSPS) is 13.0. The molecule has 1 rings (SSSR count). The van der Waals surface area contributed by atoms with E-state index in [-0.39, 0.29) is 0 Å². The van der Waals surface area contributed by atoms with Crippen LogP contribution in [-0.2, 0) is 0 Å². The lowest BCUT2D eigenvalue weighted by Crippen LogP contribution is -2.03. The van der Waals surface area contributed by atoms with Gasteiger partial charge in [0.05, 0.1) is 6.61 Å². The molecule has 0 spiro atoms. The van der Waals surface area contributed by atoms with Crippen LogP contribution in [0.25, 0.3) is 0 Å². The highest BCUT2D eigenvalue weighted by atomic mass is 79.9. The molecule has 66 valence electrons. The Hall–Kier alpha value is -0.450. The summed E-state index contributed by atoms with van der Waals surface area (Å²) >= 11 is 3.13. The van der Waals surface area contributed by atoms with Crippen molar-refractivity contribution in [2.45, 2.75) is 6.10 Å². The van der Waals surface area contributed by atoms with Crippen molar-refractivity contribution in [3.63, 3.8) is 0 Å². The zero-order valence-corrected chi connectivity index (χ0v) is 7.75. The van der Waals surface area contributed by atoms with Crippen molar-refractivity contribution in [2.75, 3.05) is 6.61 Å². The third kappa shape index (κ3) is 2.03. The molecular formula is C8H8BrFO2. The molecule has 0 fully saturated rings. The van der Waals surface area contributed by atoms with Crippen LogP contribution < -0.4 is 0 Å². The van der Waals surface area contributed by atoms with E-state index in [9.17, 15) is 9.50 Å². The number of hydrogen-bond acceptors (Lipinski definition) is 2. The number of rotatable bonds is 2. The zero-order chi connectivity index (χ0) is 9.14. The van der Waals surface area contributed by atoms with Crippen LogP contribution in [0.2, 0.25) is 0 Å². The highest BCUT2D eigenvalue weighted by Crippen LogP contribution is 2.23. The Labute approximate surface area is 77.8 Å². The van der Waals surface area contributed by atoms with Crippen molar-refractivity contribution in [1.29, 1.82) is 0 Å². The molecule has 2 nitrogen and oxygen atoms in total. The average molecular weight is 235 g/mol. The molecule has 0 aromatic heterocycles. The second kappa shape index (κ2) is 3.98. The molecule has 4 heteroatoms. The van der Waals surface area contributed by atoms with Crippen LogP contribution in [0.1, 0.15) is 11.7 Å². The quantitative estimate of drug-likeness (QED) is 0.817. The summed E-state index contributed by atoms with van der Waals surface area (Å²) in [5.74, 6) is -0.430. The number of benzene rings is 1. The molecule has 0 amide bonds. The second-order valence-electron chi connectivity index (χ2n) is 2.36. The van der Waals surface area contributed by atoms with Crippen LogP contribution in [0, 0.1) is 5.82 Å². The number of aliphatic hydroxyl groups excluding tert-OH is 2. The smallest absolute Gasteiger partial charge is 0.123 e. The standard InChI is InChI=1S/C8H8BrFO2/c9-7-2-1-5(10)3-6(7)8(12)4-11/h1-3,8,11-12H,4H2/t8-/m1/s1. The summed E-state index contributed by atoms with van der Waals surface area (Å²) < 4.78 is 13.2. The fourth-order valence-electron chi connectivity index (χ4n) is 0.868. The van der Waals surface area contributed by atoms with Gasteiger partial charge >= 0.3 is 0 Å². The Kier molecular flexibility index (Phi) is 3.20. The van der Waals surface area contributed by atoms with Gasteiger partial charge in [-0.25, -0.2) is 4.39 Å². The lowest BCUT2D eigenvalue weighted by Gasteiger charge is -2.09. The Balaban J connectivity index is 3.04. The van der Waals surface area contributed by atoms with Crippen LogP contribution in [0.15, 0.2) is 22.7 Å². The zero-order valence-electron chi connectivity index (χ0n) is 6.17. The maximum atomic E-state index is 12.6. The van der Waals surface area contributed by atoms with E-state index < -0.39 is 18.5 Å². The van der Waals surface area contributed by atoms with Gasteiger partial charge in [0, 0.05) is 4.47 Å². The highest BCUT2D eigenvalue weighted by molar-refractivity contribution is 9.10. The van der Waals surface area contributed by atoms with Gasteiger partial charge in [-0.1, -0.05) is 15.9 Å². The Morgan fingerprint density at radius 1 is 1.50 bits per heavy atom. The van der Waals surface area contributed by atoms with Crippen molar-refractivity contribution in [2.24, 2.45) is 0 Å². The van der Waals surface area contributed by atoms with Gasteiger partial charge in [-0.05, 0) is 23.8 Å². The summed E-state index contributed by atoms with van der Waals surface area (Å²) in [7, 11) is 0. The van der Waals surface area contributed by atoms with Crippen molar-refractivity contribution < 1.29 is 14.6 Å². The van der Waals surface area contributed by atoms with E-state index in [0.29, 0.717) is 10.0 Å². The first-order chi connectivity index (χ1) is 5.65. The maximum Gasteiger partial charge on any atom is 0.123 e. The summed E-state index contributed by atoms with van der Waals surface area (Å²) in [6.45, 7) is -0.415. The van der Waals surface area contributed by atoms with Gasteiger partial charge in [0.15, 0.2) is 0 Å². The van der Waals surface area contributed by atoms with E-state index in [1.807, 2.05) is 0 Å². The summed E-state index contributed by atoms with van der Waals surface area (Å²) in [6, 6.07) is 3.95. The number of hydrogen-bond donors (Lipinski definition) is 2. The minimum absolute atomic E-state index is 0.359. The second-order valence-corrected chi connectivity index (χ2v) is 3.22. The lowest BCUT2D eigenvalue weighted by atomic mass is 10.1. The Bertz CT molecular complexity index is 278. The minimum Gasteiger partial charge on any atom is -0.393 e. The third-order valence-electron chi connectivity index (χ3n) is 1.49. The predicted octanol–water partition coefficient (Wildman–Crippen LogP) is 1.61. The number of aliphatic hydroxyl groups is 2. The molecule has 1 aromatic rings. The molecule has 0 saturated carbocycles. The molecule has 2 N–H and O–H groups in total. The molecular weight excluding hydrogens is 227 g/mol. The van der Waals surface area contributed by atoms with E-state index in [2.05, 4.69) is 15.9 Å². The first-order valence-corrected chi connectivity index (χ1v) is 4.18. The molecule has 0 radical (unpaired) electrons. The lowest BCUT2D eigenvalue weighted by molar-refractivity contribution is 0.0948. The van der Waals surface area contributed by atoms with E-state index in [1.54, 1.807) is 0 Å². The highest BCUT2D eigenvalue weighted by Gasteiger charge is 2.10. The van der Waals surface area contributed by atoms with Gasteiger partial charge in [-0.2, -0.15) is 0 Å². The van der Waals surface area contributed by atoms with Gasteiger partial charge in [0.25, 0.3) is 0 Å². The maximum absolute atomic E-state index is 12.6. The molecule has 0 bridgehead atoms. The topological polar surface area (TPSA) is 40.5 Å². The van der Waals surface area contributed by atoms with Crippen LogP contribution >= 0.6 is 15.9 Å². The van der Waals surface area contributed by atoms with Crippen molar-refractivity contribution in [3.8, 4) is 0 Å². The molecule has 1 aromatic carbocycles. The first-order valence-electron chi connectivity index (χ1n) is 3.39. The molecule has 0 saturated heterocycles. The van der Waals surface area contributed by atoms with Gasteiger partial charge in [-0.15, -0.1) is 0 Å². The van der Waals surface area contributed by atoms with E-state index in [0.717, 1.165) is 0 Å². The SMILES string of the molecule is OC[C@@H](O)c1cc(F)ccc1Br. The van der Waals surface area contributed by atoms with E-state index in [1.165, 1.54) is 18.2 Å². The van der Waals surface area contributed by atoms with Gasteiger partial charge in [0.2, 0.25) is 0 Å². The molecule has 0 unspecified atom stereocenters. The van der Waals surface area contributed by atoms with Crippen molar-refractivity contribution in [3.05, 3.63) is 34.1 Å². The molecule has 0 aliphatic carbocycles. The molecule has 0 heterocycles. The summed E-state index contributed by atoms with van der Waals surface area (Å²) in [5, 5.41) is 17.8. The van der Waals surface area contributed by atoms with Crippen LogP contribution in [0.5, 0.6) is 0 Å². The first kappa shape index (κ1) is 9.64. The van der Waals surface area contributed by atoms with Crippen molar-refractivity contribution >= 4 is 15.9 Å². The van der Waals surface area contributed by atoms with Gasteiger partial charge in [0.1, 0.15) is 11.9 Å². The van der Waals surface area contributed by atoms with Crippen LogP contribution in [0.3, 0.4) is 0 Å². The van der Waals surface area contributed by atoms with Gasteiger partial charge < -0.3 is 10.2 Å². The monoisotopic (exact) mass is 234 g/mol. The fourth-order valence-corrected chi connectivity index (χ4v) is 1.38. The van der Waals surface area contributed by atoms with Crippen LogP contribution in [0.4, 0.5) is 4.39 Å². The average Bonchev–Trinajstić information content (AvgIpc) is 2.08. The number of halogens is 2. The van der Waals surface area contributed by atoms with E-state index >= 15 is 0 Å². The third-order valence-corrected chi connectivity index (χ3v) is 2.21. The Morgan fingerprint density at radius 2 is 2.17 bits per heavy atom. The van der Waals surface area contributed by atoms with Crippen LogP contribution in [-0.4, -0.2) is 16.8 Å². The summed E-state index contributed by atoms with van der Waals surface area (Å²) in [6.07, 6.45) is -1.03. The predicted molar refractivity (Wildman–Crippen MR) is 46.1 cm³/mol.